The van der Waals surface area contributed by atoms with Gasteiger partial charge in [-0.25, -0.2) is 13.2 Å². The van der Waals surface area contributed by atoms with E-state index in [1.54, 1.807) is 45.0 Å². The Kier molecular flexibility index (Phi) is 5.21. The summed E-state index contributed by atoms with van der Waals surface area (Å²) in [6.45, 7) is 6.55. The first kappa shape index (κ1) is 19.7. The molecular formula is C17H22ClNO5S. The number of hydrogen-bond donors (Lipinski definition) is 1. The van der Waals surface area contributed by atoms with E-state index in [9.17, 15) is 18.0 Å². The second-order valence-corrected chi connectivity index (χ2v) is 9.93. The van der Waals surface area contributed by atoms with Crippen LogP contribution in [-0.4, -0.2) is 42.9 Å². The average Bonchev–Trinajstić information content (AvgIpc) is 3.15. The number of carbonyl (C=O) groups excluding carboxylic acids is 2. The molecule has 8 heteroatoms. The molecule has 0 aliphatic heterocycles. The molecule has 1 fully saturated rings. The Hall–Kier alpha value is -1.60. The third kappa shape index (κ3) is 3.98. The van der Waals surface area contributed by atoms with Gasteiger partial charge in [-0.1, -0.05) is 30.7 Å². The summed E-state index contributed by atoms with van der Waals surface area (Å²) in [5.74, 6) is -0.846. The average molecular weight is 388 g/mol. The Balaban J connectivity index is 2.42. The lowest BCUT2D eigenvalue weighted by molar-refractivity contribution is -0.110. The monoisotopic (exact) mass is 387 g/mol. The molecule has 1 aromatic carbocycles. The van der Waals surface area contributed by atoms with Crippen LogP contribution in [0.5, 0.6) is 0 Å². The summed E-state index contributed by atoms with van der Waals surface area (Å²) in [7, 11) is -3.59. The standard InChI is InChI=1S/C17H22ClNO5S/c1-5-25(22,23)14-13(11-7-6-8-12(18)9-11)17(14,10-20)19-15(21)24-16(2,3)4/h6-10,13-14H,5H2,1-4H3,(H,19,21). The minimum Gasteiger partial charge on any atom is -0.444 e. The first-order valence-corrected chi connectivity index (χ1v) is 10.0. The molecule has 3 atom stereocenters. The Bertz CT molecular complexity index is 786. The number of ether oxygens (including phenoxy) is 1. The Labute approximate surface area is 152 Å². The van der Waals surface area contributed by atoms with Crippen LogP contribution in [0.1, 0.15) is 39.2 Å². The van der Waals surface area contributed by atoms with Gasteiger partial charge in [0.25, 0.3) is 0 Å². The molecule has 1 amide bonds. The van der Waals surface area contributed by atoms with E-state index in [0.717, 1.165) is 0 Å². The SMILES string of the molecule is CCS(=O)(=O)C1C(c2cccc(Cl)c2)C1(C=O)NC(=O)OC(C)(C)C. The van der Waals surface area contributed by atoms with Crippen molar-refractivity contribution in [3.8, 4) is 0 Å². The van der Waals surface area contributed by atoms with Crippen LogP contribution in [0.15, 0.2) is 24.3 Å². The molecule has 1 aliphatic rings. The zero-order valence-electron chi connectivity index (χ0n) is 14.6. The summed E-state index contributed by atoms with van der Waals surface area (Å²) in [6, 6.07) is 6.62. The van der Waals surface area contributed by atoms with Gasteiger partial charge in [-0.05, 0) is 38.5 Å². The summed E-state index contributed by atoms with van der Waals surface area (Å²) in [4.78, 5) is 24.0. The van der Waals surface area contributed by atoms with E-state index in [1.165, 1.54) is 6.92 Å². The lowest BCUT2D eigenvalue weighted by atomic mass is 10.1. The van der Waals surface area contributed by atoms with Gasteiger partial charge in [0.05, 0.1) is 0 Å². The zero-order valence-corrected chi connectivity index (χ0v) is 16.1. The lowest BCUT2D eigenvalue weighted by Crippen LogP contribution is -2.45. The predicted octanol–water partition coefficient (Wildman–Crippen LogP) is 2.70. The maximum Gasteiger partial charge on any atom is 0.408 e. The Morgan fingerprint density at radius 3 is 2.52 bits per heavy atom. The van der Waals surface area contributed by atoms with E-state index >= 15 is 0 Å². The van der Waals surface area contributed by atoms with Crippen LogP contribution in [0.3, 0.4) is 0 Å². The minimum atomic E-state index is -3.59. The van der Waals surface area contributed by atoms with Gasteiger partial charge < -0.3 is 14.8 Å². The summed E-state index contributed by atoms with van der Waals surface area (Å²) in [5.41, 5.74) is -1.74. The highest BCUT2D eigenvalue weighted by molar-refractivity contribution is 7.92. The fourth-order valence-corrected chi connectivity index (χ4v) is 5.14. The third-order valence-electron chi connectivity index (χ3n) is 4.09. The molecule has 0 radical (unpaired) electrons. The van der Waals surface area contributed by atoms with Gasteiger partial charge in [-0.15, -0.1) is 0 Å². The normalized spacial score (nSPS) is 26.0. The van der Waals surface area contributed by atoms with Crippen molar-refractivity contribution < 1.29 is 22.7 Å². The summed E-state index contributed by atoms with van der Waals surface area (Å²) in [6.07, 6.45) is -0.346. The van der Waals surface area contributed by atoms with Crippen molar-refractivity contribution in [2.75, 3.05) is 5.75 Å². The van der Waals surface area contributed by atoms with E-state index < -0.39 is 38.2 Å². The van der Waals surface area contributed by atoms with Crippen LogP contribution in [0, 0.1) is 0 Å². The number of halogens is 1. The van der Waals surface area contributed by atoms with Crippen molar-refractivity contribution >= 4 is 33.8 Å². The van der Waals surface area contributed by atoms with Crippen molar-refractivity contribution in [1.82, 2.24) is 5.32 Å². The number of sulfone groups is 1. The van der Waals surface area contributed by atoms with Crippen LogP contribution in [-0.2, 0) is 19.4 Å². The van der Waals surface area contributed by atoms with Gasteiger partial charge in [0.15, 0.2) is 9.84 Å². The van der Waals surface area contributed by atoms with Crippen LogP contribution in [0.2, 0.25) is 5.02 Å². The molecule has 6 nitrogen and oxygen atoms in total. The van der Waals surface area contributed by atoms with Crippen molar-refractivity contribution in [3.05, 3.63) is 34.9 Å². The number of rotatable bonds is 5. The number of nitrogens with one attached hydrogen (secondary N) is 1. The first-order chi connectivity index (χ1) is 11.5. The quantitative estimate of drug-likeness (QED) is 0.784. The smallest absolute Gasteiger partial charge is 0.408 e. The number of alkyl carbamates (subject to hydrolysis) is 1. The number of carbonyl (C=O) groups is 2. The molecule has 0 aromatic heterocycles. The van der Waals surface area contributed by atoms with Gasteiger partial charge in [0.1, 0.15) is 22.7 Å². The molecule has 138 valence electrons. The molecule has 1 saturated carbocycles. The Morgan fingerprint density at radius 1 is 1.40 bits per heavy atom. The molecule has 1 aromatic rings. The molecule has 0 saturated heterocycles. The van der Waals surface area contributed by atoms with E-state index in [2.05, 4.69) is 5.32 Å². The zero-order chi connectivity index (χ0) is 19.0. The third-order valence-corrected chi connectivity index (χ3v) is 6.56. The fourth-order valence-electron chi connectivity index (χ4n) is 3.01. The highest BCUT2D eigenvalue weighted by Gasteiger charge is 2.72. The molecule has 0 spiro atoms. The van der Waals surface area contributed by atoms with Crippen molar-refractivity contribution in [2.45, 2.75) is 50.0 Å². The highest BCUT2D eigenvalue weighted by Crippen LogP contribution is 2.55. The molecule has 0 heterocycles. The van der Waals surface area contributed by atoms with Crippen LogP contribution < -0.4 is 5.32 Å². The highest BCUT2D eigenvalue weighted by atomic mass is 35.5. The first-order valence-electron chi connectivity index (χ1n) is 7.91. The topological polar surface area (TPSA) is 89.5 Å². The van der Waals surface area contributed by atoms with Gasteiger partial charge >= 0.3 is 6.09 Å². The van der Waals surface area contributed by atoms with Gasteiger partial charge in [-0.3, -0.25) is 0 Å². The van der Waals surface area contributed by atoms with Crippen molar-refractivity contribution in [2.24, 2.45) is 0 Å². The molecule has 1 N–H and O–H groups in total. The minimum absolute atomic E-state index is 0.139. The summed E-state index contributed by atoms with van der Waals surface area (Å²) < 4.78 is 30.2. The molecular weight excluding hydrogens is 366 g/mol. The van der Waals surface area contributed by atoms with Crippen LogP contribution in [0.4, 0.5) is 4.79 Å². The largest absolute Gasteiger partial charge is 0.444 e. The molecule has 0 bridgehead atoms. The molecule has 3 unspecified atom stereocenters. The van der Waals surface area contributed by atoms with Crippen molar-refractivity contribution in [1.29, 1.82) is 0 Å². The molecule has 2 rings (SSSR count). The van der Waals surface area contributed by atoms with Crippen LogP contribution in [0.25, 0.3) is 0 Å². The maximum atomic E-state index is 12.5. The Morgan fingerprint density at radius 2 is 2.04 bits per heavy atom. The number of amides is 1. The van der Waals surface area contributed by atoms with E-state index in [-0.39, 0.29) is 5.75 Å². The number of hydrogen-bond acceptors (Lipinski definition) is 5. The maximum absolute atomic E-state index is 12.5. The summed E-state index contributed by atoms with van der Waals surface area (Å²) >= 11 is 5.99. The van der Waals surface area contributed by atoms with Gasteiger partial charge in [0, 0.05) is 16.7 Å². The van der Waals surface area contributed by atoms with Crippen molar-refractivity contribution in [3.63, 3.8) is 0 Å². The second kappa shape index (κ2) is 6.61. The van der Waals surface area contributed by atoms with E-state index in [1.807, 2.05) is 0 Å². The summed E-state index contributed by atoms with van der Waals surface area (Å²) in [5, 5.41) is 1.86. The van der Waals surface area contributed by atoms with Crippen LogP contribution >= 0.6 is 11.6 Å². The van der Waals surface area contributed by atoms with E-state index in [4.69, 9.17) is 16.3 Å². The van der Waals surface area contributed by atoms with E-state index in [0.29, 0.717) is 16.9 Å². The predicted molar refractivity (Wildman–Crippen MR) is 95.6 cm³/mol. The van der Waals surface area contributed by atoms with Gasteiger partial charge in [-0.2, -0.15) is 0 Å². The number of aldehydes is 1. The fraction of sp³-hybridized carbons (Fsp3) is 0.529. The lowest BCUT2D eigenvalue weighted by Gasteiger charge is -2.22. The second-order valence-electron chi connectivity index (χ2n) is 7.08. The number of benzene rings is 1. The molecule has 25 heavy (non-hydrogen) atoms. The molecule has 1 aliphatic carbocycles. The van der Waals surface area contributed by atoms with Gasteiger partial charge in [0.2, 0.25) is 0 Å².